The molecule has 3 N–H and O–H groups in total. The van der Waals surface area contributed by atoms with Gasteiger partial charge in [0.15, 0.2) is 0 Å². The van der Waals surface area contributed by atoms with Gasteiger partial charge in [0, 0.05) is 5.56 Å². The van der Waals surface area contributed by atoms with Crippen molar-refractivity contribution in [3.8, 4) is 0 Å². The Balaban J connectivity index is 1.64. The fraction of sp³-hybridized carbons (Fsp3) is 0.0870. The number of aryl methyl sites for hydroxylation is 1. The van der Waals surface area contributed by atoms with Gasteiger partial charge in [-0.25, -0.2) is 0 Å². The van der Waals surface area contributed by atoms with Gasteiger partial charge in [-0.05, 0) is 36.8 Å². The minimum Gasteiger partial charge on any atom is -0.321 e. The molecule has 6 heteroatoms. The molecule has 0 fully saturated rings. The van der Waals surface area contributed by atoms with Crippen molar-refractivity contribution in [2.24, 2.45) is 0 Å². The van der Waals surface area contributed by atoms with Gasteiger partial charge in [0.05, 0.1) is 17.7 Å². The van der Waals surface area contributed by atoms with E-state index in [-0.39, 0.29) is 23.8 Å². The summed E-state index contributed by atoms with van der Waals surface area (Å²) in [5.41, 5.74) is 7.69. The van der Waals surface area contributed by atoms with Crippen LogP contribution >= 0.6 is 0 Å². The number of hydrogen-bond donors (Lipinski definition) is 3. The number of anilines is 1. The van der Waals surface area contributed by atoms with Crippen molar-refractivity contribution in [2.75, 3.05) is 5.32 Å². The van der Waals surface area contributed by atoms with Gasteiger partial charge in [-0.1, -0.05) is 60.2 Å². The number of benzene rings is 3. The molecule has 29 heavy (non-hydrogen) atoms. The minimum absolute atomic E-state index is 0.146. The highest BCUT2D eigenvalue weighted by molar-refractivity contribution is 6.09. The molecule has 3 aromatic rings. The topological polar surface area (TPSA) is 87.3 Å². The number of rotatable bonds is 5. The highest BCUT2D eigenvalue weighted by Gasteiger charge is 2.15. The summed E-state index contributed by atoms with van der Waals surface area (Å²) < 4.78 is 0. The van der Waals surface area contributed by atoms with Gasteiger partial charge < -0.3 is 5.32 Å². The number of carbonyl (C=O) groups is 3. The summed E-state index contributed by atoms with van der Waals surface area (Å²) in [5.74, 6) is -1.18. The van der Waals surface area contributed by atoms with Crippen LogP contribution < -0.4 is 16.2 Å². The molecule has 0 aromatic heterocycles. The average Bonchev–Trinajstić information content (AvgIpc) is 2.73. The van der Waals surface area contributed by atoms with E-state index in [0.717, 1.165) is 11.1 Å². The molecule has 0 saturated heterocycles. The van der Waals surface area contributed by atoms with Crippen molar-refractivity contribution in [2.45, 2.75) is 13.3 Å². The fourth-order valence-electron chi connectivity index (χ4n) is 2.79. The Morgan fingerprint density at radius 2 is 1.48 bits per heavy atom. The van der Waals surface area contributed by atoms with Gasteiger partial charge in [0.25, 0.3) is 11.8 Å². The Bertz CT molecular complexity index is 1030. The molecule has 3 amide bonds. The number of carbonyl (C=O) groups excluding carboxylic acids is 3. The number of nitrogens with one attached hydrogen (secondary N) is 3. The molecule has 0 atom stereocenters. The maximum absolute atomic E-state index is 12.5. The van der Waals surface area contributed by atoms with E-state index >= 15 is 0 Å². The van der Waals surface area contributed by atoms with Gasteiger partial charge in [0.2, 0.25) is 5.91 Å². The van der Waals surface area contributed by atoms with Crippen LogP contribution in [-0.2, 0) is 11.2 Å². The van der Waals surface area contributed by atoms with Gasteiger partial charge >= 0.3 is 0 Å². The molecule has 0 spiro atoms. The van der Waals surface area contributed by atoms with Crippen molar-refractivity contribution >= 4 is 23.4 Å². The first kappa shape index (κ1) is 19.8. The Morgan fingerprint density at radius 3 is 2.24 bits per heavy atom. The quantitative estimate of drug-likeness (QED) is 0.587. The fourth-order valence-corrected chi connectivity index (χ4v) is 2.79. The second-order valence-electron chi connectivity index (χ2n) is 6.53. The third-order valence-corrected chi connectivity index (χ3v) is 4.22. The highest BCUT2D eigenvalue weighted by Crippen LogP contribution is 2.16. The van der Waals surface area contributed by atoms with E-state index < -0.39 is 5.91 Å². The third-order valence-electron chi connectivity index (χ3n) is 4.22. The summed E-state index contributed by atoms with van der Waals surface area (Å²) in [6, 6.07) is 23.0. The number of amides is 3. The van der Waals surface area contributed by atoms with Crippen molar-refractivity contribution in [1.82, 2.24) is 10.9 Å². The molecule has 0 saturated carbocycles. The summed E-state index contributed by atoms with van der Waals surface area (Å²) in [5, 5.41) is 2.75. The van der Waals surface area contributed by atoms with Crippen LogP contribution in [0.1, 0.15) is 31.8 Å². The summed E-state index contributed by atoms with van der Waals surface area (Å²) >= 11 is 0. The zero-order valence-corrected chi connectivity index (χ0v) is 15.9. The zero-order chi connectivity index (χ0) is 20.6. The zero-order valence-electron chi connectivity index (χ0n) is 15.9. The smallest absolute Gasteiger partial charge is 0.271 e. The third kappa shape index (κ3) is 5.52. The Labute approximate surface area is 168 Å². The molecule has 6 nitrogen and oxygen atoms in total. The van der Waals surface area contributed by atoms with Crippen molar-refractivity contribution in [3.63, 3.8) is 0 Å². The lowest BCUT2D eigenvalue weighted by Crippen LogP contribution is -2.42. The van der Waals surface area contributed by atoms with Gasteiger partial charge in [-0.3, -0.25) is 25.2 Å². The van der Waals surface area contributed by atoms with Crippen LogP contribution in [0, 0.1) is 6.92 Å². The Kier molecular flexibility index (Phi) is 6.37. The van der Waals surface area contributed by atoms with Crippen LogP contribution in [0.2, 0.25) is 0 Å². The molecule has 3 aromatic carbocycles. The van der Waals surface area contributed by atoms with E-state index in [9.17, 15) is 14.4 Å². The largest absolute Gasteiger partial charge is 0.321 e. The second kappa shape index (κ2) is 9.32. The van der Waals surface area contributed by atoms with Crippen molar-refractivity contribution in [3.05, 3.63) is 101 Å². The van der Waals surface area contributed by atoms with Crippen molar-refractivity contribution < 1.29 is 14.4 Å². The monoisotopic (exact) mass is 387 g/mol. The first-order valence-electron chi connectivity index (χ1n) is 9.13. The van der Waals surface area contributed by atoms with Crippen LogP contribution in [0.3, 0.4) is 0 Å². The molecule has 0 aliphatic heterocycles. The first-order valence-corrected chi connectivity index (χ1v) is 9.13. The second-order valence-corrected chi connectivity index (χ2v) is 6.53. The number of hydrazine groups is 1. The van der Waals surface area contributed by atoms with Crippen LogP contribution in [-0.4, -0.2) is 17.7 Å². The standard InChI is InChI=1S/C23H21N3O3/c1-16-8-7-11-18(14-16)22(28)24-20-13-6-5-12-19(20)23(29)26-25-21(27)15-17-9-3-2-4-10-17/h2-14H,15H2,1H3,(H,24,28)(H,25,27)(H,26,29). The lowest BCUT2D eigenvalue weighted by atomic mass is 10.1. The molecule has 0 heterocycles. The Hall–Kier alpha value is -3.93. The molecular formula is C23H21N3O3. The molecule has 0 aliphatic carbocycles. The lowest BCUT2D eigenvalue weighted by Gasteiger charge is -2.12. The molecule has 3 rings (SSSR count). The van der Waals surface area contributed by atoms with E-state index in [4.69, 9.17) is 0 Å². The van der Waals surface area contributed by atoms with Crippen LogP contribution in [0.15, 0.2) is 78.9 Å². The molecule has 0 radical (unpaired) electrons. The summed E-state index contributed by atoms with van der Waals surface area (Å²) in [7, 11) is 0. The Morgan fingerprint density at radius 1 is 0.759 bits per heavy atom. The first-order chi connectivity index (χ1) is 14.0. The van der Waals surface area contributed by atoms with Gasteiger partial charge in [0.1, 0.15) is 0 Å². The molecule has 146 valence electrons. The lowest BCUT2D eigenvalue weighted by molar-refractivity contribution is -0.121. The van der Waals surface area contributed by atoms with Gasteiger partial charge in [-0.2, -0.15) is 0 Å². The van der Waals surface area contributed by atoms with Gasteiger partial charge in [-0.15, -0.1) is 0 Å². The van der Waals surface area contributed by atoms with Crippen LogP contribution in [0.4, 0.5) is 5.69 Å². The maximum Gasteiger partial charge on any atom is 0.271 e. The van der Waals surface area contributed by atoms with Crippen LogP contribution in [0.5, 0.6) is 0 Å². The predicted molar refractivity (Wildman–Crippen MR) is 111 cm³/mol. The normalized spacial score (nSPS) is 10.1. The highest BCUT2D eigenvalue weighted by atomic mass is 16.2. The minimum atomic E-state index is -0.522. The average molecular weight is 387 g/mol. The summed E-state index contributed by atoms with van der Waals surface area (Å²) in [6.45, 7) is 1.90. The van der Waals surface area contributed by atoms with E-state index in [2.05, 4.69) is 16.2 Å². The number of hydrogen-bond acceptors (Lipinski definition) is 3. The number of para-hydroxylation sites is 1. The van der Waals surface area contributed by atoms with E-state index in [1.54, 1.807) is 42.5 Å². The van der Waals surface area contributed by atoms with Crippen molar-refractivity contribution in [1.29, 1.82) is 0 Å². The van der Waals surface area contributed by atoms with E-state index in [1.165, 1.54) is 0 Å². The molecule has 0 unspecified atom stereocenters. The molecule has 0 aliphatic rings. The van der Waals surface area contributed by atoms with E-state index in [1.807, 2.05) is 43.3 Å². The van der Waals surface area contributed by atoms with E-state index in [0.29, 0.717) is 11.3 Å². The summed E-state index contributed by atoms with van der Waals surface area (Å²) in [6.07, 6.45) is 0.146. The summed E-state index contributed by atoms with van der Waals surface area (Å²) in [4.78, 5) is 37.0. The molecular weight excluding hydrogens is 366 g/mol. The maximum atomic E-state index is 12.5. The predicted octanol–water partition coefficient (Wildman–Crippen LogP) is 3.25. The molecule has 0 bridgehead atoms. The SMILES string of the molecule is Cc1cccc(C(=O)Nc2ccccc2C(=O)NNC(=O)Cc2ccccc2)c1. The van der Waals surface area contributed by atoms with Crippen LogP contribution in [0.25, 0.3) is 0 Å².